The Hall–Kier alpha value is -1.59. The van der Waals surface area contributed by atoms with E-state index in [4.69, 9.17) is 5.73 Å². The Kier molecular flexibility index (Phi) is 11.1. The largest absolute Gasteiger partial charge is 0.354 e. The van der Waals surface area contributed by atoms with Gasteiger partial charge in [0.1, 0.15) is 6.04 Å². The zero-order chi connectivity index (χ0) is 16.4. The zero-order valence-electron chi connectivity index (χ0n) is 13.9. The van der Waals surface area contributed by atoms with Gasteiger partial charge in [-0.05, 0) is 30.9 Å². The van der Waals surface area contributed by atoms with Gasteiger partial charge in [-0.3, -0.25) is 9.59 Å². The third-order valence-electron chi connectivity index (χ3n) is 3.40. The van der Waals surface area contributed by atoms with Crippen LogP contribution in [0.15, 0.2) is 30.3 Å². The standard InChI is InChI=1S/C17H27N3O2.ClH/c1-13(2)16(17(22)19-11-7-6-10-18)20-15(21)12-14-8-4-3-5-9-14;/h3-5,8-9,13,16H,6-7,10-12,18H2,1-2H3,(H,19,22)(H,20,21);1H. The van der Waals surface area contributed by atoms with Crippen molar-refractivity contribution >= 4 is 24.2 Å². The number of amides is 2. The second-order valence-electron chi connectivity index (χ2n) is 5.74. The van der Waals surface area contributed by atoms with Gasteiger partial charge in [-0.25, -0.2) is 0 Å². The van der Waals surface area contributed by atoms with Crippen LogP contribution in [0.4, 0.5) is 0 Å². The van der Waals surface area contributed by atoms with E-state index >= 15 is 0 Å². The lowest BCUT2D eigenvalue weighted by molar-refractivity contribution is -0.129. The predicted molar refractivity (Wildman–Crippen MR) is 95.5 cm³/mol. The van der Waals surface area contributed by atoms with Crippen LogP contribution in [-0.2, 0) is 16.0 Å². The number of carbonyl (C=O) groups is 2. The summed E-state index contributed by atoms with van der Waals surface area (Å²) in [6, 6.07) is 8.99. The fourth-order valence-electron chi connectivity index (χ4n) is 2.13. The predicted octanol–water partition coefficient (Wildman–Crippen LogP) is 1.65. The van der Waals surface area contributed by atoms with Gasteiger partial charge in [-0.1, -0.05) is 44.2 Å². The molecule has 1 unspecified atom stereocenters. The molecule has 0 saturated heterocycles. The molecule has 0 aliphatic carbocycles. The molecule has 0 heterocycles. The second kappa shape index (κ2) is 11.9. The highest BCUT2D eigenvalue weighted by Crippen LogP contribution is 2.04. The molecule has 23 heavy (non-hydrogen) atoms. The van der Waals surface area contributed by atoms with E-state index in [1.165, 1.54) is 0 Å². The van der Waals surface area contributed by atoms with Crippen LogP contribution >= 0.6 is 12.4 Å². The number of benzene rings is 1. The number of carbonyl (C=O) groups excluding carboxylic acids is 2. The molecule has 1 aromatic rings. The summed E-state index contributed by atoms with van der Waals surface area (Å²) in [5.74, 6) is -0.232. The monoisotopic (exact) mass is 341 g/mol. The number of nitrogens with one attached hydrogen (secondary N) is 2. The number of nitrogens with two attached hydrogens (primary N) is 1. The molecule has 6 heteroatoms. The van der Waals surface area contributed by atoms with E-state index in [0.29, 0.717) is 13.1 Å². The molecule has 0 bridgehead atoms. The quantitative estimate of drug-likeness (QED) is 0.597. The van der Waals surface area contributed by atoms with Gasteiger partial charge in [-0.15, -0.1) is 12.4 Å². The number of halogens is 1. The lowest BCUT2D eigenvalue weighted by Crippen LogP contribution is -2.50. The maximum absolute atomic E-state index is 12.2. The summed E-state index contributed by atoms with van der Waals surface area (Å²) in [4.78, 5) is 24.3. The first-order chi connectivity index (χ1) is 10.5. The van der Waals surface area contributed by atoms with Crippen molar-refractivity contribution in [2.45, 2.75) is 39.2 Å². The van der Waals surface area contributed by atoms with Crippen molar-refractivity contribution in [2.24, 2.45) is 11.7 Å². The molecule has 1 aromatic carbocycles. The molecule has 5 nitrogen and oxygen atoms in total. The Morgan fingerprint density at radius 1 is 1.13 bits per heavy atom. The number of unbranched alkanes of at least 4 members (excludes halogenated alkanes) is 1. The summed E-state index contributed by atoms with van der Waals surface area (Å²) in [5, 5.41) is 5.69. The van der Waals surface area contributed by atoms with E-state index in [1.54, 1.807) is 0 Å². The molecule has 0 aromatic heterocycles. The fraction of sp³-hybridized carbons (Fsp3) is 0.529. The molecule has 0 aliphatic rings. The Morgan fingerprint density at radius 2 is 1.78 bits per heavy atom. The molecule has 130 valence electrons. The fourth-order valence-corrected chi connectivity index (χ4v) is 2.13. The number of hydrogen-bond acceptors (Lipinski definition) is 3. The Bertz CT molecular complexity index is 466. The lowest BCUT2D eigenvalue weighted by atomic mass is 10.0. The van der Waals surface area contributed by atoms with Crippen LogP contribution in [-0.4, -0.2) is 30.9 Å². The van der Waals surface area contributed by atoms with E-state index < -0.39 is 6.04 Å². The zero-order valence-corrected chi connectivity index (χ0v) is 14.7. The maximum atomic E-state index is 12.2. The Morgan fingerprint density at radius 3 is 2.35 bits per heavy atom. The molecule has 1 atom stereocenters. The Labute approximate surface area is 144 Å². The number of hydrogen-bond donors (Lipinski definition) is 3. The maximum Gasteiger partial charge on any atom is 0.242 e. The van der Waals surface area contributed by atoms with Gasteiger partial charge in [0.2, 0.25) is 11.8 Å². The van der Waals surface area contributed by atoms with Gasteiger partial charge in [0.05, 0.1) is 6.42 Å². The van der Waals surface area contributed by atoms with Gasteiger partial charge in [-0.2, -0.15) is 0 Å². The van der Waals surface area contributed by atoms with Crippen LogP contribution in [0.3, 0.4) is 0 Å². The van der Waals surface area contributed by atoms with E-state index in [-0.39, 0.29) is 36.6 Å². The SMILES string of the molecule is CC(C)C(NC(=O)Cc1ccccc1)C(=O)NCCCCN.Cl. The van der Waals surface area contributed by atoms with E-state index in [9.17, 15) is 9.59 Å². The molecular formula is C17H28ClN3O2. The number of rotatable bonds is 9. The summed E-state index contributed by atoms with van der Waals surface area (Å²) in [6.07, 6.45) is 2.02. The van der Waals surface area contributed by atoms with E-state index in [0.717, 1.165) is 18.4 Å². The van der Waals surface area contributed by atoms with Crippen molar-refractivity contribution in [3.63, 3.8) is 0 Å². The first-order valence-electron chi connectivity index (χ1n) is 7.85. The lowest BCUT2D eigenvalue weighted by Gasteiger charge is -2.21. The van der Waals surface area contributed by atoms with Gasteiger partial charge in [0.25, 0.3) is 0 Å². The van der Waals surface area contributed by atoms with Crippen LogP contribution < -0.4 is 16.4 Å². The normalized spacial score (nSPS) is 11.5. The van der Waals surface area contributed by atoms with E-state index in [2.05, 4.69) is 10.6 Å². The molecule has 4 N–H and O–H groups in total. The highest BCUT2D eigenvalue weighted by atomic mass is 35.5. The average molecular weight is 342 g/mol. The van der Waals surface area contributed by atoms with Crippen molar-refractivity contribution in [2.75, 3.05) is 13.1 Å². The van der Waals surface area contributed by atoms with Gasteiger partial charge in [0, 0.05) is 6.54 Å². The van der Waals surface area contributed by atoms with Crippen LogP contribution in [0.5, 0.6) is 0 Å². The summed E-state index contributed by atoms with van der Waals surface area (Å²) >= 11 is 0. The highest BCUT2D eigenvalue weighted by molar-refractivity contribution is 5.88. The summed E-state index contributed by atoms with van der Waals surface area (Å²) < 4.78 is 0. The summed E-state index contributed by atoms with van der Waals surface area (Å²) in [5.41, 5.74) is 6.36. The van der Waals surface area contributed by atoms with Crippen molar-refractivity contribution in [3.05, 3.63) is 35.9 Å². The molecule has 0 aliphatic heterocycles. The topological polar surface area (TPSA) is 84.2 Å². The molecular weight excluding hydrogens is 314 g/mol. The minimum Gasteiger partial charge on any atom is -0.354 e. The van der Waals surface area contributed by atoms with Crippen LogP contribution in [0.2, 0.25) is 0 Å². The van der Waals surface area contributed by atoms with Crippen LogP contribution in [0, 0.1) is 5.92 Å². The minimum absolute atomic E-state index is 0. The first-order valence-corrected chi connectivity index (χ1v) is 7.85. The average Bonchev–Trinajstić information content (AvgIpc) is 2.49. The molecule has 1 rings (SSSR count). The first kappa shape index (κ1) is 21.4. The minimum atomic E-state index is -0.505. The van der Waals surface area contributed by atoms with Crippen molar-refractivity contribution in [1.82, 2.24) is 10.6 Å². The molecule has 0 fully saturated rings. The molecule has 0 radical (unpaired) electrons. The molecule has 0 saturated carbocycles. The van der Waals surface area contributed by atoms with Crippen LogP contribution in [0.1, 0.15) is 32.3 Å². The van der Waals surface area contributed by atoms with Crippen molar-refractivity contribution < 1.29 is 9.59 Å². The van der Waals surface area contributed by atoms with Gasteiger partial charge in [0.15, 0.2) is 0 Å². The molecule has 2 amide bonds. The molecule has 0 spiro atoms. The van der Waals surface area contributed by atoms with Crippen LogP contribution in [0.25, 0.3) is 0 Å². The smallest absolute Gasteiger partial charge is 0.242 e. The summed E-state index contributed by atoms with van der Waals surface area (Å²) in [7, 11) is 0. The summed E-state index contributed by atoms with van der Waals surface area (Å²) in [6.45, 7) is 5.06. The van der Waals surface area contributed by atoms with E-state index in [1.807, 2.05) is 44.2 Å². The third kappa shape index (κ3) is 8.57. The van der Waals surface area contributed by atoms with Crippen molar-refractivity contribution in [1.29, 1.82) is 0 Å². The Balaban J connectivity index is 0.00000484. The highest BCUT2D eigenvalue weighted by Gasteiger charge is 2.23. The third-order valence-corrected chi connectivity index (χ3v) is 3.40. The van der Waals surface area contributed by atoms with Gasteiger partial charge < -0.3 is 16.4 Å². The second-order valence-corrected chi connectivity index (χ2v) is 5.74. The van der Waals surface area contributed by atoms with Crippen molar-refractivity contribution in [3.8, 4) is 0 Å². The van der Waals surface area contributed by atoms with Gasteiger partial charge >= 0.3 is 0 Å².